The standard InChI is InChI=1S/C21H20N2O3/c1-3-23-19-7-5-4-6-17(19)18-13-15(8-9-20(18)23)12-16(14-22)21(24)26-11-10-25-2/h4-9,12-13H,3,10-11H2,1-2H3/b16-12+. The summed E-state index contributed by atoms with van der Waals surface area (Å²) in [7, 11) is 1.52. The minimum absolute atomic E-state index is 0.0281. The number of fused-ring (bicyclic) bond motifs is 3. The largest absolute Gasteiger partial charge is 0.459 e. The molecule has 0 N–H and O–H groups in total. The van der Waals surface area contributed by atoms with Crippen LogP contribution in [0.2, 0.25) is 0 Å². The summed E-state index contributed by atoms with van der Waals surface area (Å²) >= 11 is 0. The van der Waals surface area contributed by atoms with Gasteiger partial charge in [-0.05, 0) is 36.8 Å². The number of hydrogen-bond acceptors (Lipinski definition) is 4. The van der Waals surface area contributed by atoms with Gasteiger partial charge >= 0.3 is 5.97 Å². The number of methoxy groups -OCH3 is 1. The van der Waals surface area contributed by atoms with E-state index in [0.29, 0.717) is 6.61 Å². The normalized spacial score (nSPS) is 11.7. The molecule has 26 heavy (non-hydrogen) atoms. The van der Waals surface area contributed by atoms with Gasteiger partial charge in [0, 0.05) is 35.5 Å². The van der Waals surface area contributed by atoms with Gasteiger partial charge in [0.2, 0.25) is 0 Å². The second-order valence-electron chi connectivity index (χ2n) is 5.84. The van der Waals surface area contributed by atoms with E-state index in [4.69, 9.17) is 9.47 Å². The zero-order valence-electron chi connectivity index (χ0n) is 14.9. The van der Waals surface area contributed by atoms with Crippen LogP contribution in [0.5, 0.6) is 0 Å². The summed E-state index contributed by atoms with van der Waals surface area (Å²) in [5.74, 6) is -0.638. The molecule has 0 unspecified atom stereocenters. The maximum absolute atomic E-state index is 12.0. The fourth-order valence-electron chi connectivity index (χ4n) is 3.10. The lowest BCUT2D eigenvalue weighted by Crippen LogP contribution is -2.11. The van der Waals surface area contributed by atoms with Crippen molar-refractivity contribution in [3.63, 3.8) is 0 Å². The van der Waals surface area contributed by atoms with E-state index >= 15 is 0 Å². The summed E-state index contributed by atoms with van der Waals surface area (Å²) in [4.78, 5) is 12.0. The Labute approximate surface area is 152 Å². The first-order valence-electron chi connectivity index (χ1n) is 8.48. The molecule has 3 rings (SSSR count). The fraction of sp³-hybridized carbons (Fsp3) is 0.238. The van der Waals surface area contributed by atoms with Crippen molar-refractivity contribution in [2.75, 3.05) is 20.3 Å². The molecule has 0 aliphatic carbocycles. The average Bonchev–Trinajstić information content (AvgIpc) is 2.99. The van der Waals surface area contributed by atoms with E-state index in [2.05, 4.69) is 23.6 Å². The minimum Gasteiger partial charge on any atom is -0.459 e. The quantitative estimate of drug-likeness (QED) is 0.293. The highest BCUT2D eigenvalue weighted by Gasteiger charge is 2.12. The van der Waals surface area contributed by atoms with Crippen LogP contribution in [-0.2, 0) is 20.8 Å². The van der Waals surface area contributed by atoms with Gasteiger partial charge in [-0.3, -0.25) is 0 Å². The molecule has 3 aromatic rings. The Hall–Kier alpha value is -3.10. The number of rotatable bonds is 6. The number of para-hydroxylation sites is 1. The third-order valence-corrected chi connectivity index (χ3v) is 4.28. The maximum Gasteiger partial charge on any atom is 0.348 e. The number of carbonyl (C=O) groups excluding carboxylic acids is 1. The van der Waals surface area contributed by atoms with Gasteiger partial charge in [-0.25, -0.2) is 4.79 Å². The molecule has 0 bridgehead atoms. The number of hydrogen-bond donors (Lipinski definition) is 0. The van der Waals surface area contributed by atoms with Crippen LogP contribution in [0.3, 0.4) is 0 Å². The fourth-order valence-corrected chi connectivity index (χ4v) is 3.10. The number of esters is 1. The Morgan fingerprint density at radius 3 is 2.65 bits per heavy atom. The Morgan fingerprint density at radius 1 is 1.15 bits per heavy atom. The molecule has 0 atom stereocenters. The van der Waals surface area contributed by atoms with Crippen molar-refractivity contribution >= 4 is 33.9 Å². The molecular formula is C21H20N2O3. The molecular weight excluding hydrogens is 328 g/mol. The first kappa shape index (κ1) is 17.7. The van der Waals surface area contributed by atoms with Crippen LogP contribution in [0.15, 0.2) is 48.0 Å². The molecule has 0 spiro atoms. The van der Waals surface area contributed by atoms with E-state index < -0.39 is 5.97 Å². The minimum atomic E-state index is -0.638. The Balaban J connectivity index is 2.02. The maximum atomic E-state index is 12.0. The third-order valence-electron chi connectivity index (χ3n) is 4.28. The van der Waals surface area contributed by atoms with Crippen molar-refractivity contribution in [3.8, 4) is 6.07 Å². The lowest BCUT2D eigenvalue weighted by atomic mass is 10.1. The van der Waals surface area contributed by atoms with Crippen LogP contribution in [0.1, 0.15) is 12.5 Å². The van der Waals surface area contributed by atoms with E-state index in [9.17, 15) is 10.1 Å². The van der Waals surface area contributed by atoms with E-state index in [1.165, 1.54) is 12.6 Å². The van der Waals surface area contributed by atoms with E-state index in [0.717, 1.165) is 28.4 Å². The lowest BCUT2D eigenvalue weighted by molar-refractivity contribution is -0.139. The SMILES string of the molecule is CCn1c2ccccc2c2cc(/C=C(\C#N)C(=O)OCCOC)ccc21. The second-order valence-corrected chi connectivity index (χ2v) is 5.84. The highest BCUT2D eigenvalue weighted by Crippen LogP contribution is 2.30. The van der Waals surface area contributed by atoms with Crippen molar-refractivity contribution in [3.05, 3.63) is 53.6 Å². The van der Waals surface area contributed by atoms with Crippen LogP contribution < -0.4 is 0 Å². The molecule has 1 aromatic heterocycles. The number of benzene rings is 2. The lowest BCUT2D eigenvalue weighted by Gasteiger charge is -2.04. The molecule has 0 aliphatic rings. The van der Waals surface area contributed by atoms with Crippen LogP contribution in [0, 0.1) is 11.3 Å². The predicted octanol–water partition coefficient (Wildman–Crippen LogP) is 3.91. The number of nitriles is 1. The van der Waals surface area contributed by atoms with E-state index in [-0.39, 0.29) is 12.2 Å². The number of aryl methyl sites for hydroxylation is 1. The monoisotopic (exact) mass is 348 g/mol. The predicted molar refractivity (Wildman–Crippen MR) is 102 cm³/mol. The molecule has 5 heteroatoms. The van der Waals surface area contributed by atoms with E-state index in [1.54, 1.807) is 6.08 Å². The van der Waals surface area contributed by atoms with Crippen LogP contribution in [-0.4, -0.2) is 30.9 Å². The van der Waals surface area contributed by atoms with Crippen molar-refractivity contribution in [2.45, 2.75) is 13.5 Å². The summed E-state index contributed by atoms with van der Waals surface area (Å²) in [6.07, 6.45) is 1.56. The van der Waals surface area contributed by atoms with Gasteiger partial charge in [-0.2, -0.15) is 5.26 Å². The van der Waals surface area contributed by atoms with Gasteiger partial charge in [0.15, 0.2) is 0 Å². The average molecular weight is 348 g/mol. The summed E-state index contributed by atoms with van der Waals surface area (Å²) < 4.78 is 12.1. The Bertz CT molecular complexity index is 1020. The highest BCUT2D eigenvalue weighted by atomic mass is 16.6. The Kier molecular flexibility index (Phi) is 5.35. The van der Waals surface area contributed by atoms with Crippen LogP contribution in [0.4, 0.5) is 0 Å². The van der Waals surface area contributed by atoms with Gasteiger partial charge in [-0.1, -0.05) is 24.3 Å². The van der Waals surface area contributed by atoms with Crippen molar-refractivity contribution in [2.24, 2.45) is 0 Å². The number of carbonyl (C=O) groups is 1. The smallest absolute Gasteiger partial charge is 0.348 e. The molecule has 0 fully saturated rings. The third kappa shape index (κ3) is 3.32. The zero-order chi connectivity index (χ0) is 18.5. The Morgan fingerprint density at radius 2 is 1.92 bits per heavy atom. The first-order valence-corrected chi connectivity index (χ1v) is 8.48. The van der Waals surface area contributed by atoms with Crippen molar-refractivity contribution in [1.29, 1.82) is 5.26 Å². The summed E-state index contributed by atoms with van der Waals surface area (Å²) in [6.45, 7) is 3.41. The molecule has 0 aliphatic heterocycles. The van der Waals surface area contributed by atoms with Gasteiger partial charge in [0.05, 0.1) is 6.61 Å². The highest BCUT2D eigenvalue weighted by molar-refractivity contribution is 6.09. The molecule has 2 aromatic carbocycles. The van der Waals surface area contributed by atoms with Crippen LogP contribution >= 0.6 is 0 Å². The number of nitrogens with zero attached hydrogens (tertiary/aromatic N) is 2. The van der Waals surface area contributed by atoms with E-state index in [1.807, 2.05) is 36.4 Å². The van der Waals surface area contributed by atoms with Gasteiger partial charge in [-0.15, -0.1) is 0 Å². The number of aromatic nitrogens is 1. The summed E-state index contributed by atoms with van der Waals surface area (Å²) in [6, 6.07) is 16.1. The number of ether oxygens (including phenoxy) is 2. The first-order chi connectivity index (χ1) is 12.7. The van der Waals surface area contributed by atoms with Crippen molar-refractivity contribution in [1.82, 2.24) is 4.57 Å². The second kappa shape index (κ2) is 7.85. The molecule has 5 nitrogen and oxygen atoms in total. The molecule has 132 valence electrons. The van der Waals surface area contributed by atoms with Gasteiger partial charge in [0.1, 0.15) is 18.2 Å². The summed E-state index contributed by atoms with van der Waals surface area (Å²) in [5.41, 5.74) is 3.06. The van der Waals surface area contributed by atoms with Gasteiger partial charge < -0.3 is 14.0 Å². The topological polar surface area (TPSA) is 64.2 Å². The molecule has 0 saturated carbocycles. The van der Waals surface area contributed by atoms with Crippen molar-refractivity contribution < 1.29 is 14.3 Å². The zero-order valence-corrected chi connectivity index (χ0v) is 14.9. The van der Waals surface area contributed by atoms with Gasteiger partial charge in [0.25, 0.3) is 0 Å². The molecule has 1 heterocycles. The van der Waals surface area contributed by atoms with Crippen LogP contribution in [0.25, 0.3) is 27.9 Å². The molecule has 0 saturated heterocycles. The molecule has 0 radical (unpaired) electrons. The molecule has 0 amide bonds. The summed E-state index contributed by atoms with van der Waals surface area (Å²) in [5, 5.41) is 11.5.